The fourth-order valence-corrected chi connectivity index (χ4v) is 2.56. The van der Waals surface area contributed by atoms with Crippen LogP contribution in [0.1, 0.15) is 40.0 Å². The summed E-state index contributed by atoms with van der Waals surface area (Å²) in [5.74, 6) is 1.18. The molecule has 0 spiro atoms. The van der Waals surface area contributed by atoms with E-state index < -0.39 is 0 Å². The van der Waals surface area contributed by atoms with Crippen molar-refractivity contribution in [2.75, 3.05) is 18.8 Å². The average molecular weight is 219 g/mol. The molecule has 0 saturated carbocycles. The highest BCUT2D eigenvalue weighted by molar-refractivity contribution is 8.22. The Labute approximate surface area is 92.3 Å². The Morgan fingerprint density at radius 1 is 1.15 bits per heavy atom. The lowest BCUT2D eigenvalue weighted by atomic mass is 10.3. The third-order valence-electron chi connectivity index (χ3n) is 2.00. The minimum Gasteiger partial charge on any atom is -0.358 e. The van der Waals surface area contributed by atoms with Gasteiger partial charge in [0.15, 0.2) is 0 Å². The molecule has 0 radical (unpaired) electrons. The van der Waals surface area contributed by atoms with Gasteiger partial charge < -0.3 is 4.90 Å². The molecule has 0 N–H and O–H groups in total. The Morgan fingerprint density at radius 2 is 1.77 bits per heavy atom. The van der Waals surface area contributed by atoms with Crippen molar-refractivity contribution < 1.29 is 0 Å². The molecule has 13 heavy (non-hydrogen) atoms. The summed E-state index contributed by atoms with van der Waals surface area (Å²) >= 11 is 7.14. The maximum Gasteiger partial charge on any atom is 0.136 e. The van der Waals surface area contributed by atoms with Crippen molar-refractivity contribution in [2.45, 2.75) is 40.0 Å². The summed E-state index contributed by atoms with van der Waals surface area (Å²) in [4.78, 5) is 2.24. The molecular weight excluding hydrogens is 198 g/mol. The van der Waals surface area contributed by atoms with Crippen LogP contribution in [-0.4, -0.2) is 28.1 Å². The van der Waals surface area contributed by atoms with Crippen LogP contribution in [0.15, 0.2) is 0 Å². The second kappa shape index (κ2) is 8.82. The van der Waals surface area contributed by atoms with Crippen LogP contribution in [0.5, 0.6) is 0 Å². The van der Waals surface area contributed by atoms with Gasteiger partial charge in [0.25, 0.3) is 0 Å². The Hall–Kier alpha value is 0.240. The summed E-state index contributed by atoms with van der Waals surface area (Å²) in [6.45, 7) is 8.62. The van der Waals surface area contributed by atoms with Crippen LogP contribution in [0.2, 0.25) is 0 Å². The zero-order valence-electron chi connectivity index (χ0n) is 9.01. The van der Waals surface area contributed by atoms with E-state index in [4.69, 9.17) is 12.2 Å². The summed E-state index contributed by atoms with van der Waals surface area (Å²) < 4.78 is 1.07. The zero-order chi connectivity index (χ0) is 10.1. The predicted octanol–water partition coefficient (Wildman–Crippen LogP) is 3.54. The van der Waals surface area contributed by atoms with Gasteiger partial charge in [-0.05, 0) is 20.3 Å². The van der Waals surface area contributed by atoms with Gasteiger partial charge >= 0.3 is 0 Å². The molecule has 0 amide bonds. The lowest BCUT2D eigenvalue weighted by molar-refractivity contribution is 0.482. The smallest absolute Gasteiger partial charge is 0.136 e. The van der Waals surface area contributed by atoms with Gasteiger partial charge in [0.1, 0.15) is 4.32 Å². The van der Waals surface area contributed by atoms with Crippen molar-refractivity contribution in [3.63, 3.8) is 0 Å². The van der Waals surface area contributed by atoms with Crippen LogP contribution in [0.3, 0.4) is 0 Å². The molecule has 1 nitrogen and oxygen atoms in total. The molecule has 0 saturated heterocycles. The molecule has 0 aromatic carbocycles. The minimum atomic E-state index is 1.04. The van der Waals surface area contributed by atoms with Crippen molar-refractivity contribution >= 4 is 28.3 Å². The highest BCUT2D eigenvalue weighted by Gasteiger charge is 2.04. The average Bonchev–Trinajstić information content (AvgIpc) is 2.14. The summed E-state index contributed by atoms with van der Waals surface area (Å²) in [6.07, 6.45) is 3.91. The maximum absolute atomic E-state index is 5.31. The van der Waals surface area contributed by atoms with Crippen LogP contribution < -0.4 is 0 Å². The van der Waals surface area contributed by atoms with Gasteiger partial charge in [0.05, 0.1) is 0 Å². The number of thioether (sulfide) groups is 1. The highest BCUT2D eigenvalue weighted by atomic mass is 32.2. The van der Waals surface area contributed by atoms with E-state index in [1.165, 1.54) is 25.0 Å². The first-order valence-electron chi connectivity index (χ1n) is 5.17. The van der Waals surface area contributed by atoms with Gasteiger partial charge in [-0.2, -0.15) is 0 Å². The first-order chi connectivity index (χ1) is 6.26. The van der Waals surface area contributed by atoms with Crippen molar-refractivity contribution in [3.8, 4) is 0 Å². The molecule has 0 aliphatic rings. The molecule has 0 heterocycles. The monoisotopic (exact) mass is 219 g/mol. The van der Waals surface area contributed by atoms with Gasteiger partial charge in [-0.3, -0.25) is 0 Å². The molecule has 0 rings (SSSR count). The van der Waals surface area contributed by atoms with Crippen molar-refractivity contribution in [3.05, 3.63) is 0 Å². The van der Waals surface area contributed by atoms with Gasteiger partial charge in [-0.15, -0.1) is 0 Å². The standard InChI is InChI=1S/C10H21NS2/c1-4-7-8-9-13-10(12)11(5-2)6-3/h4-9H2,1-3H3. The second-order valence-electron chi connectivity index (χ2n) is 2.99. The van der Waals surface area contributed by atoms with Gasteiger partial charge in [-0.25, -0.2) is 0 Å². The lowest BCUT2D eigenvalue weighted by Crippen LogP contribution is -2.26. The summed E-state index contributed by atoms with van der Waals surface area (Å²) in [5.41, 5.74) is 0. The molecule has 0 aliphatic heterocycles. The Morgan fingerprint density at radius 3 is 2.23 bits per heavy atom. The van der Waals surface area contributed by atoms with E-state index >= 15 is 0 Å². The van der Waals surface area contributed by atoms with E-state index in [2.05, 4.69) is 25.7 Å². The first-order valence-corrected chi connectivity index (χ1v) is 6.57. The molecule has 0 atom stereocenters. The topological polar surface area (TPSA) is 3.24 Å². The number of unbranched alkanes of at least 4 members (excludes halogenated alkanes) is 2. The second-order valence-corrected chi connectivity index (χ2v) is 4.72. The Kier molecular flexibility index (Phi) is 8.98. The first kappa shape index (κ1) is 13.2. The number of thiocarbonyl (C=S) groups is 1. The van der Waals surface area contributed by atoms with Crippen LogP contribution >= 0.6 is 24.0 Å². The van der Waals surface area contributed by atoms with Gasteiger partial charge in [0.2, 0.25) is 0 Å². The predicted molar refractivity (Wildman–Crippen MR) is 67.5 cm³/mol. The molecule has 3 heteroatoms. The van der Waals surface area contributed by atoms with E-state index in [9.17, 15) is 0 Å². The maximum atomic E-state index is 5.31. The molecule has 0 aromatic rings. The lowest BCUT2D eigenvalue weighted by Gasteiger charge is -2.20. The van der Waals surface area contributed by atoms with Crippen LogP contribution in [-0.2, 0) is 0 Å². The van der Waals surface area contributed by atoms with Crippen LogP contribution in [0.25, 0.3) is 0 Å². The van der Waals surface area contributed by atoms with E-state index in [0.717, 1.165) is 17.4 Å². The molecule has 78 valence electrons. The summed E-state index contributed by atoms with van der Waals surface area (Å²) in [7, 11) is 0. The number of nitrogens with zero attached hydrogens (tertiary/aromatic N) is 1. The molecule has 0 fully saturated rings. The van der Waals surface area contributed by atoms with Gasteiger partial charge in [0, 0.05) is 18.8 Å². The van der Waals surface area contributed by atoms with Crippen molar-refractivity contribution in [1.82, 2.24) is 4.90 Å². The molecule has 0 aliphatic carbocycles. The summed E-state index contributed by atoms with van der Waals surface area (Å²) in [6, 6.07) is 0. The molecular formula is C10H21NS2. The molecule has 0 aromatic heterocycles. The summed E-state index contributed by atoms with van der Waals surface area (Å²) in [5, 5.41) is 0. The third kappa shape index (κ3) is 6.33. The number of hydrogen-bond acceptors (Lipinski definition) is 2. The van der Waals surface area contributed by atoms with Gasteiger partial charge in [-0.1, -0.05) is 43.7 Å². The van der Waals surface area contributed by atoms with E-state index in [1.807, 2.05) is 11.8 Å². The van der Waals surface area contributed by atoms with Crippen molar-refractivity contribution in [2.24, 2.45) is 0 Å². The normalized spacial score (nSPS) is 10.1. The van der Waals surface area contributed by atoms with E-state index in [-0.39, 0.29) is 0 Å². The SMILES string of the molecule is CCCCCSC(=S)N(CC)CC. The van der Waals surface area contributed by atoms with Crippen LogP contribution in [0.4, 0.5) is 0 Å². The highest BCUT2D eigenvalue weighted by Crippen LogP contribution is 2.12. The Balaban J connectivity index is 3.48. The quantitative estimate of drug-likeness (QED) is 0.497. The van der Waals surface area contributed by atoms with E-state index in [1.54, 1.807) is 0 Å². The largest absolute Gasteiger partial charge is 0.358 e. The van der Waals surface area contributed by atoms with Crippen LogP contribution in [0, 0.1) is 0 Å². The van der Waals surface area contributed by atoms with Crippen molar-refractivity contribution in [1.29, 1.82) is 0 Å². The van der Waals surface area contributed by atoms with E-state index in [0.29, 0.717) is 0 Å². The molecule has 0 unspecified atom stereocenters. The fourth-order valence-electron chi connectivity index (χ4n) is 1.08. The minimum absolute atomic E-state index is 1.04. The Bertz CT molecular complexity index is 133. The fraction of sp³-hybridized carbons (Fsp3) is 0.900. The number of rotatable bonds is 6. The third-order valence-corrected chi connectivity index (χ3v) is 3.60. The molecule has 0 bridgehead atoms. The number of hydrogen-bond donors (Lipinski definition) is 0. The zero-order valence-corrected chi connectivity index (χ0v) is 10.6.